The molecule has 0 radical (unpaired) electrons. The molecule has 28 heavy (non-hydrogen) atoms. The molecule has 0 aliphatic rings. The highest BCUT2D eigenvalue weighted by molar-refractivity contribution is 7.98. The summed E-state index contributed by atoms with van der Waals surface area (Å²) in [6.07, 6.45) is 3.14. The summed E-state index contributed by atoms with van der Waals surface area (Å²) in [5, 5.41) is 11.4. The van der Waals surface area contributed by atoms with Gasteiger partial charge in [-0.2, -0.15) is 0 Å². The molecule has 0 atom stereocenters. The first kappa shape index (κ1) is 19.6. The minimum absolute atomic E-state index is 0.185. The summed E-state index contributed by atoms with van der Waals surface area (Å²) in [4.78, 5) is 25.6. The Balaban J connectivity index is 2.12. The smallest absolute Gasteiger partial charge is 0.282 e. The molecule has 0 N–H and O–H groups in total. The molecule has 1 heterocycles. The number of anilines is 1. The van der Waals surface area contributed by atoms with Gasteiger partial charge in [-0.3, -0.25) is 19.8 Å². The van der Waals surface area contributed by atoms with Crippen molar-refractivity contribution in [2.75, 3.05) is 11.2 Å². The van der Waals surface area contributed by atoms with E-state index in [1.165, 1.54) is 36.2 Å². The van der Waals surface area contributed by atoms with Crippen LogP contribution in [0.1, 0.15) is 16.1 Å². The van der Waals surface area contributed by atoms with Crippen LogP contribution in [-0.2, 0) is 6.54 Å². The van der Waals surface area contributed by atoms with Crippen LogP contribution in [0.15, 0.2) is 64.1 Å². The monoisotopic (exact) mass is 404 g/mol. The van der Waals surface area contributed by atoms with Crippen molar-refractivity contribution >= 4 is 29.0 Å². The second-order valence-corrected chi connectivity index (χ2v) is 6.59. The maximum atomic E-state index is 14.4. The zero-order valence-corrected chi connectivity index (χ0v) is 15.4. The molecule has 6 nitrogen and oxygen atoms in total. The Kier molecular flexibility index (Phi) is 5.74. The van der Waals surface area contributed by atoms with Crippen molar-refractivity contribution in [3.05, 3.63) is 87.9 Å². The molecule has 3 rings (SSSR count). The van der Waals surface area contributed by atoms with Crippen LogP contribution in [0.3, 0.4) is 0 Å². The van der Waals surface area contributed by atoms with Gasteiger partial charge in [0, 0.05) is 17.0 Å². The number of hydrogen-bond donors (Lipinski definition) is 0. The van der Waals surface area contributed by atoms with E-state index in [1.54, 1.807) is 18.4 Å². The van der Waals surface area contributed by atoms with Crippen molar-refractivity contribution in [2.45, 2.75) is 11.4 Å². The van der Waals surface area contributed by atoms with Crippen molar-refractivity contribution in [1.82, 2.24) is 0 Å². The fourth-order valence-electron chi connectivity index (χ4n) is 2.64. The van der Waals surface area contributed by atoms with Gasteiger partial charge in [0.2, 0.25) is 0 Å². The number of nitro benzene ring substituents is 1. The molecule has 0 unspecified atom stereocenters. The fraction of sp³-hybridized carbons (Fsp3) is 0.105. The van der Waals surface area contributed by atoms with Crippen molar-refractivity contribution in [3.8, 4) is 0 Å². The Morgan fingerprint density at radius 3 is 2.61 bits per heavy atom. The van der Waals surface area contributed by atoms with Crippen LogP contribution in [0.25, 0.3) is 0 Å². The Hall–Kier alpha value is -3.20. The molecule has 2 aromatic carbocycles. The number of carbonyl (C=O) groups is 1. The van der Waals surface area contributed by atoms with E-state index >= 15 is 0 Å². The normalized spacial score (nSPS) is 10.7. The number of rotatable bonds is 6. The van der Waals surface area contributed by atoms with Crippen LogP contribution in [-0.4, -0.2) is 17.1 Å². The molecular weight excluding hydrogens is 390 g/mol. The average Bonchev–Trinajstić information content (AvgIpc) is 3.18. The molecule has 0 bridgehead atoms. The van der Waals surface area contributed by atoms with Gasteiger partial charge < -0.3 is 4.42 Å². The fourth-order valence-corrected chi connectivity index (χ4v) is 3.08. The lowest BCUT2D eigenvalue weighted by Crippen LogP contribution is -2.31. The minimum Gasteiger partial charge on any atom is -0.467 e. The van der Waals surface area contributed by atoms with E-state index in [4.69, 9.17) is 4.42 Å². The van der Waals surface area contributed by atoms with Gasteiger partial charge in [-0.1, -0.05) is 0 Å². The molecule has 0 saturated carbocycles. The number of furan rings is 1. The summed E-state index contributed by atoms with van der Waals surface area (Å²) in [5.74, 6) is -2.24. The predicted octanol–water partition coefficient (Wildman–Crippen LogP) is 5.03. The highest BCUT2D eigenvalue weighted by Crippen LogP contribution is 2.30. The third kappa shape index (κ3) is 4.04. The number of carbonyl (C=O) groups excluding carboxylic acids is 1. The Morgan fingerprint density at radius 1 is 1.21 bits per heavy atom. The Morgan fingerprint density at radius 2 is 2.00 bits per heavy atom. The Bertz CT molecular complexity index is 1020. The highest BCUT2D eigenvalue weighted by atomic mass is 32.2. The molecule has 144 valence electrons. The van der Waals surface area contributed by atoms with E-state index in [0.717, 1.165) is 17.0 Å². The lowest BCUT2D eigenvalue weighted by Gasteiger charge is -2.22. The standard InChI is InChI=1S/C19H14F2N2O4S/c1-28-14-5-7-17(23(25)26)15(10-14)19(24)22(11-13-3-2-8-27-13)18-6-4-12(20)9-16(18)21/h2-10H,11H2,1H3. The van der Waals surface area contributed by atoms with Crippen LogP contribution in [0.4, 0.5) is 20.2 Å². The van der Waals surface area contributed by atoms with Crippen LogP contribution in [0.2, 0.25) is 0 Å². The molecule has 0 aliphatic heterocycles. The maximum Gasteiger partial charge on any atom is 0.282 e. The molecule has 9 heteroatoms. The number of hydrogen-bond acceptors (Lipinski definition) is 5. The summed E-state index contributed by atoms with van der Waals surface area (Å²) in [6, 6.07) is 10.1. The van der Waals surface area contributed by atoms with Crippen molar-refractivity contribution in [2.24, 2.45) is 0 Å². The van der Waals surface area contributed by atoms with E-state index in [9.17, 15) is 23.7 Å². The molecule has 0 saturated heterocycles. The van der Waals surface area contributed by atoms with Gasteiger partial charge in [-0.15, -0.1) is 11.8 Å². The maximum absolute atomic E-state index is 14.4. The number of nitro groups is 1. The second kappa shape index (κ2) is 8.22. The molecular formula is C19H14F2N2O4S. The van der Waals surface area contributed by atoms with Gasteiger partial charge in [0.25, 0.3) is 11.6 Å². The molecule has 3 aromatic rings. The first-order chi connectivity index (χ1) is 13.4. The lowest BCUT2D eigenvalue weighted by atomic mass is 10.1. The van der Waals surface area contributed by atoms with Gasteiger partial charge in [0.1, 0.15) is 23.0 Å². The first-order valence-corrected chi connectivity index (χ1v) is 9.25. The summed E-state index contributed by atoms with van der Waals surface area (Å²) < 4.78 is 33.0. The average molecular weight is 404 g/mol. The quantitative estimate of drug-likeness (QED) is 0.327. The molecule has 0 aliphatic carbocycles. The minimum atomic E-state index is -0.969. The van der Waals surface area contributed by atoms with Crippen molar-refractivity contribution in [3.63, 3.8) is 0 Å². The highest BCUT2D eigenvalue weighted by Gasteiger charge is 2.28. The van der Waals surface area contributed by atoms with Gasteiger partial charge in [-0.25, -0.2) is 8.78 Å². The number of amides is 1. The number of halogens is 2. The second-order valence-electron chi connectivity index (χ2n) is 5.71. The van der Waals surface area contributed by atoms with E-state index in [-0.39, 0.29) is 17.8 Å². The van der Waals surface area contributed by atoms with Gasteiger partial charge in [0.15, 0.2) is 0 Å². The zero-order chi connectivity index (χ0) is 20.3. The van der Waals surface area contributed by atoms with Crippen LogP contribution >= 0.6 is 11.8 Å². The topological polar surface area (TPSA) is 76.6 Å². The number of thioether (sulfide) groups is 1. The van der Waals surface area contributed by atoms with Crippen molar-refractivity contribution in [1.29, 1.82) is 0 Å². The van der Waals surface area contributed by atoms with Gasteiger partial charge >= 0.3 is 0 Å². The summed E-state index contributed by atoms with van der Waals surface area (Å²) >= 11 is 1.30. The lowest BCUT2D eigenvalue weighted by molar-refractivity contribution is -0.385. The number of nitrogens with zero attached hydrogens (tertiary/aromatic N) is 2. The molecule has 0 fully saturated rings. The zero-order valence-electron chi connectivity index (χ0n) is 14.6. The SMILES string of the molecule is CSc1ccc([N+](=O)[O-])c(C(=O)N(Cc2ccco2)c2ccc(F)cc2F)c1. The molecule has 1 aromatic heterocycles. The van der Waals surface area contributed by atoms with E-state index in [0.29, 0.717) is 16.7 Å². The molecule has 0 spiro atoms. The van der Waals surface area contributed by atoms with Crippen LogP contribution in [0, 0.1) is 21.7 Å². The van der Waals surface area contributed by atoms with Crippen LogP contribution in [0.5, 0.6) is 0 Å². The van der Waals surface area contributed by atoms with Gasteiger partial charge in [-0.05, 0) is 42.7 Å². The molecule has 1 amide bonds. The van der Waals surface area contributed by atoms with E-state index in [1.807, 2.05) is 0 Å². The summed E-state index contributed by atoms with van der Waals surface area (Å²) in [5.41, 5.74) is -0.825. The van der Waals surface area contributed by atoms with Gasteiger partial charge in [0.05, 0.1) is 23.4 Å². The third-order valence-corrected chi connectivity index (χ3v) is 4.70. The predicted molar refractivity (Wildman–Crippen MR) is 100 cm³/mol. The first-order valence-electron chi connectivity index (χ1n) is 8.02. The summed E-state index contributed by atoms with van der Waals surface area (Å²) in [6.45, 7) is -0.185. The number of benzene rings is 2. The summed E-state index contributed by atoms with van der Waals surface area (Å²) in [7, 11) is 0. The third-order valence-electron chi connectivity index (χ3n) is 3.97. The van der Waals surface area contributed by atoms with E-state index < -0.39 is 28.2 Å². The Labute approximate surface area is 162 Å². The van der Waals surface area contributed by atoms with Crippen molar-refractivity contribution < 1.29 is 22.9 Å². The van der Waals surface area contributed by atoms with Crippen LogP contribution < -0.4 is 4.90 Å². The van der Waals surface area contributed by atoms with E-state index in [2.05, 4.69) is 0 Å². The largest absolute Gasteiger partial charge is 0.467 e.